The molecule has 1 fully saturated rings. The lowest BCUT2D eigenvalue weighted by Gasteiger charge is -2.32. The minimum absolute atomic E-state index is 0.155. The number of anilines is 1. The number of hydrogen-bond donors (Lipinski definition) is 1. The van der Waals surface area contributed by atoms with Crippen LogP contribution in [0, 0.1) is 5.92 Å². The minimum Gasteiger partial charge on any atom is -0.481 e. The van der Waals surface area contributed by atoms with Crippen molar-refractivity contribution in [1.82, 2.24) is 4.90 Å². The second-order valence-electron chi connectivity index (χ2n) is 7.09. The minimum atomic E-state index is -0.713. The van der Waals surface area contributed by atoms with Gasteiger partial charge in [0.05, 0.1) is 5.92 Å². The monoisotopic (exact) mass is 420 g/mol. The Morgan fingerprint density at radius 3 is 2.36 bits per heavy atom. The summed E-state index contributed by atoms with van der Waals surface area (Å²) < 4.78 is 0. The standard InChI is InChI=1S/C21H22Cl2N2O3/c1-24(20(26)16-10-17(22)12-18(23)11-16)13-14-3-2-4-19(9-14)25-7-5-15(6-8-25)21(27)28/h2-4,9-12,15H,5-8,13H2,1H3,(H,27,28). The van der Waals surface area contributed by atoms with Crippen molar-refractivity contribution in [2.75, 3.05) is 25.0 Å². The summed E-state index contributed by atoms with van der Waals surface area (Å²) >= 11 is 12.0. The van der Waals surface area contributed by atoms with Crippen LogP contribution in [0.15, 0.2) is 42.5 Å². The van der Waals surface area contributed by atoms with Crippen molar-refractivity contribution in [2.45, 2.75) is 19.4 Å². The average Bonchev–Trinajstić information content (AvgIpc) is 2.67. The Labute approximate surface area is 174 Å². The Hall–Kier alpha value is -2.24. The summed E-state index contributed by atoms with van der Waals surface area (Å²) in [6.07, 6.45) is 1.29. The van der Waals surface area contributed by atoms with Crippen molar-refractivity contribution in [3.8, 4) is 0 Å². The number of benzene rings is 2. The molecule has 1 aliphatic rings. The van der Waals surface area contributed by atoms with Crippen molar-refractivity contribution in [3.05, 3.63) is 63.6 Å². The van der Waals surface area contributed by atoms with E-state index in [0.717, 1.165) is 24.3 Å². The summed E-state index contributed by atoms with van der Waals surface area (Å²) in [5.74, 6) is -1.13. The molecule has 0 atom stereocenters. The van der Waals surface area contributed by atoms with Crippen LogP contribution < -0.4 is 4.90 Å². The Kier molecular flexibility index (Phi) is 6.47. The van der Waals surface area contributed by atoms with E-state index in [-0.39, 0.29) is 11.8 Å². The van der Waals surface area contributed by atoms with Crippen LogP contribution in [0.25, 0.3) is 0 Å². The molecule has 3 rings (SSSR count). The SMILES string of the molecule is CN(Cc1cccc(N2CCC(C(=O)O)CC2)c1)C(=O)c1cc(Cl)cc(Cl)c1. The summed E-state index contributed by atoms with van der Waals surface area (Å²) in [5, 5.41) is 10.00. The smallest absolute Gasteiger partial charge is 0.306 e. The summed E-state index contributed by atoms with van der Waals surface area (Å²) in [7, 11) is 1.74. The van der Waals surface area contributed by atoms with Gasteiger partial charge in [-0.05, 0) is 48.7 Å². The third-order valence-electron chi connectivity index (χ3n) is 5.00. The number of carboxylic acids is 1. The lowest BCUT2D eigenvalue weighted by atomic mass is 9.96. The molecule has 0 aromatic heterocycles. The molecule has 1 saturated heterocycles. The number of halogens is 2. The molecule has 1 amide bonds. The van der Waals surface area contributed by atoms with Crippen LogP contribution in [-0.2, 0) is 11.3 Å². The van der Waals surface area contributed by atoms with Crippen molar-refractivity contribution in [3.63, 3.8) is 0 Å². The van der Waals surface area contributed by atoms with Gasteiger partial charge < -0.3 is 14.9 Å². The van der Waals surface area contributed by atoms with Crippen molar-refractivity contribution < 1.29 is 14.7 Å². The van der Waals surface area contributed by atoms with Gasteiger partial charge in [-0.2, -0.15) is 0 Å². The van der Waals surface area contributed by atoms with Crippen molar-refractivity contribution in [1.29, 1.82) is 0 Å². The van der Waals surface area contributed by atoms with Gasteiger partial charge in [0.2, 0.25) is 0 Å². The van der Waals surface area contributed by atoms with Gasteiger partial charge in [0.25, 0.3) is 5.91 Å². The van der Waals surface area contributed by atoms with Crippen LogP contribution in [0.1, 0.15) is 28.8 Å². The molecule has 0 aliphatic carbocycles. The van der Waals surface area contributed by atoms with E-state index in [1.54, 1.807) is 30.1 Å². The normalized spacial score (nSPS) is 14.8. The van der Waals surface area contributed by atoms with Crippen LogP contribution in [0.5, 0.6) is 0 Å². The number of carbonyl (C=O) groups excluding carboxylic acids is 1. The van der Waals surface area contributed by atoms with E-state index in [9.17, 15) is 9.59 Å². The third-order valence-corrected chi connectivity index (χ3v) is 5.43. The van der Waals surface area contributed by atoms with Crippen molar-refractivity contribution in [2.24, 2.45) is 5.92 Å². The molecule has 0 radical (unpaired) electrons. The number of rotatable bonds is 5. The summed E-state index contributed by atoms with van der Waals surface area (Å²) in [6, 6.07) is 12.8. The quantitative estimate of drug-likeness (QED) is 0.769. The first kappa shape index (κ1) is 20.5. The third kappa shape index (κ3) is 4.97. The fourth-order valence-electron chi connectivity index (χ4n) is 3.48. The number of aliphatic carboxylic acids is 1. The first-order valence-electron chi connectivity index (χ1n) is 9.12. The van der Waals surface area contributed by atoms with Gasteiger partial charge in [0.1, 0.15) is 0 Å². The summed E-state index contributed by atoms with van der Waals surface area (Å²) in [6.45, 7) is 1.88. The predicted octanol–water partition coefficient (Wildman–Crippen LogP) is 4.57. The van der Waals surface area contributed by atoms with E-state index in [1.165, 1.54) is 0 Å². The zero-order valence-electron chi connectivity index (χ0n) is 15.6. The number of amides is 1. The Bertz CT molecular complexity index is 859. The number of carbonyl (C=O) groups is 2. The molecule has 0 unspecified atom stereocenters. The van der Waals surface area contributed by atoms with E-state index >= 15 is 0 Å². The van der Waals surface area contributed by atoms with E-state index in [4.69, 9.17) is 28.3 Å². The maximum absolute atomic E-state index is 12.7. The zero-order chi connectivity index (χ0) is 20.3. The second kappa shape index (κ2) is 8.84. The number of nitrogens with zero attached hydrogens (tertiary/aromatic N) is 2. The molecule has 0 bridgehead atoms. The van der Waals surface area contributed by atoms with Crippen LogP contribution in [0.3, 0.4) is 0 Å². The van der Waals surface area contributed by atoms with Crippen LogP contribution in [0.2, 0.25) is 10.0 Å². The van der Waals surface area contributed by atoms with E-state index in [1.807, 2.05) is 18.2 Å². The van der Waals surface area contributed by atoms with Gasteiger partial charge in [-0.25, -0.2) is 0 Å². The van der Waals surface area contributed by atoms with Gasteiger partial charge in [0, 0.05) is 48.0 Å². The van der Waals surface area contributed by atoms with E-state index < -0.39 is 5.97 Å². The highest BCUT2D eigenvalue weighted by atomic mass is 35.5. The molecule has 7 heteroatoms. The molecule has 1 heterocycles. The largest absolute Gasteiger partial charge is 0.481 e. The van der Waals surface area contributed by atoms with Gasteiger partial charge in [-0.3, -0.25) is 9.59 Å². The highest BCUT2D eigenvalue weighted by Gasteiger charge is 2.24. The van der Waals surface area contributed by atoms with Crippen LogP contribution >= 0.6 is 23.2 Å². The number of hydrogen-bond acceptors (Lipinski definition) is 3. The fourth-order valence-corrected chi connectivity index (χ4v) is 4.01. The predicted molar refractivity (Wildman–Crippen MR) is 111 cm³/mol. The summed E-state index contributed by atoms with van der Waals surface area (Å²) in [5.41, 5.74) is 2.50. The number of carboxylic acid groups (broad SMARTS) is 1. The molecular weight excluding hydrogens is 399 g/mol. The maximum atomic E-state index is 12.7. The molecule has 28 heavy (non-hydrogen) atoms. The number of piperidine rings is 1. The average molecular weight is 421 g/mol. The highest BCUT2D eigenvalue weighted by Crippen LogP contribution is 2.25. The topological polar surface area (TPSA) is 60.9 Å². The van der Waals surface area contributed by atoms with Crippen molar-refractivity contribution >= 4 is 40.8 Å². The maximum Gasteiger partial charge on any atom is 0.306 e. The molecular formula is C21H22Cl2N2O3. The van der Waals surface area contributed by atoms with Crippen LogP contribution in [0.4, 0.5) is 5.69 Å². The van der Waals surface area contributed by atoms with Gasteiger partial charge in [0.15, 0.2) is 0 Å². The molecule has 148 valence electrons. The van der Waals surface area contributed by atoms with E-state index in [2.05, 4.69) is 11.0 Å². The Morgan fingerprint density at radius 2 is 1.75 bits per heavy atom. The molecule has 2 aromatic carbocycles. The lowest BCUT2D eigenvalue weighted by molar-refractivity contribution is -0.142. The fraction of sp³-hybridized carbons (Fsp3) is 0.333. The molecule has 1 aliphatic heterocycles. The first-order valence-corrected chi connectivity index (χ1v) is 9.87. The first-order chi connectivity index (χ1) is 13.3. The second-order valence-corrected chi connectivity index (χ2v) is 7.96. The molecule has 0 spiro atoms. The van der Waals surface area contributed by atoms with E-state index in [0.29, 0.717) is 35.0 Å². The Morgan fingerprint density at radius 1 is 1.11 bits per heavy atom. The Balaban J connectivity index is 1.67. The molecule has 2 aromatic rings. The molecule has 5 nitrogen and oxygen atoms in total. The van der Waals surface area contributed by atoms with Gasteiger partial charge >= 0.3 is 5.97 Å². The van der Waals surface area contributed by atoms with Gasteiger partial charge in [-0.15, -0.1) is 0 Å². The van der Waals surface area contributed by atoms with Crippen LogP contribution in [-0.4, -0.2) is 42.0 Å². The van der Waals surface area contributed by atoms with Gasteiger partial charge in [-0.1, -0.05) is 35.3 Å². The highest BCUT2D eigenvalue weighted by molar-refractivity contribution is 6.35. The molecule has 1 N–H and O–H groups in total. The zero-order valence-corrected chi connectivity index (χ0v) is 17.1. The summed E-state index contributed by atoms with van der Waals surface area (Å²) in [4.78, 5) is 27.6. The lowest BCUT2D eigenvalue weighted by Crippen LogP contribution is -2.36. The molecule has 0 saturated carbocycles.